The van der Waals surface area contributed by atoms with Crippen LogP contribution in [-0.2, 0) is 6.42 Å². The lowest BCUT2D eigenvalue weighted by atomic mass is 9.98. The molecule has 1 fully saturated rings. The number of carbonyl (C=O) groups is 1. The normalized spacial score (nSPS) is 18.6. The molecule has 1 amide bonds. The largest absolute Gasteiger partial charge is 0.459 e. The second kappa shape index (κ2) is 7.54. The standard InChI is InChI=1S/C21H27N3O2/c1-23-12-9-17-14-16(7-8-18(17)23)19(24-10-3-2-4-11-24)15-22-21(25)20-6-5-13-26-20/h5-8,13-14,19H,2-4,9-12,15H2,1H3,(H,22,25)/t19-/m0/s1. The fraction of sp³-hybridized carbons (Fsp3) is 0.476. The minimum atomic E-state index is -0.141. The van der Waals surface area contributed by atoms with Crippen molar-refractivity contribution in [2.45, 2.75) is 31.7 Å². The molecule has 1 N–H and O–H groups in total. The highest BCUT2D eigenvalue weighted by Gasteiger charge is 2.25. The summed E-state index contributed by atoms with van der Waals surface area (Å²) in [5.74, 6) is 0.232. The van der Waals surface area contributed by atoms with Gasteiger partial charge in [-0.05, 0) is 61.7 Å². The number of fused-ring (bicyclic) bond motifs is 1. The van der Waals surface area contributed by atoms with E-state index in [2.05, 4.69) is 40.4 Å². The maximum atomic E-state index is 12.3. The minimum Gasteiger partial charge on any atom is -0.459 e. The van der Waals surface area contributed by atoms with Crippen LogP contribution in [0.15, 0.2) is 41.0 Å². The predicted octanol–water partition coefficient (Wildman–Crippen LogP) is 3.23. The molecule has 3 heterocycles. The number of carbonyl (C=O) groups excluding carboxylic acids is 1. The fourth-order valence-corrected chi connectivity index (χ4v) is 4.17. The van der Waals surface area contributed by atoms with Crippen molar-refractivity contribution >= 4 is 11.6 Å². The first-order chi connectivity index (χ1) is 12.7. The molecule has 138 valence electrons. The van der Waals surface area contributed by atoms with Crippen LogP contribution < -0.4 is 10.2 Å². The summed E-state index contributed by atoms with van der Waals surface area (Å²) in [6.07, 6.45) is 6.41. The number of nitrogens with zero attached hydrogens (tertiary/aromatic N) is 2. The fourth-order valence-electron chi connectivity index (χ4n) is 4.17. The SMILES string of the molecule is CN1CCc2cc([C@H](CNC(=O)c3ccco3)N3CCCCC3)ccc21. The molecule has 2 aliphatic rings. The monoisotopic (exact) mass is 353 g/mol. The number of amides is 1. The van der Waals surface area contributed by atoms with Crippen LogP contribution in [0.4, 0.5) is 5.69 Å². The van der Waals surface area contributed by atoms with Crippen molar-refractivity contribution in [3.8, 4) is 0 Å². The van der Waals surface area contributed by atoms with Crippen LogP contribution in [0.2, 0.25) is 0 Å². The molecule has 26 heavy (non-hydrogen) atoms. The molecular formula is C21H27N3O2. The number of nitrogens with one attached hydrogen (secondary N) is 1. The first-order valence-corrected chi connectivity index (χ1v) is 9.62. The van der Waals surface area contributed by atoms with Crippen LogP contribution in [0.3, 0.4) is 0 Å². The summed E-state index contributed by atoms with van der Waals surface area (Å²) < 4.78 is 5.22. The van der Waals surface area contributed by atoms with Crippen molar-refractivity contribution in [1.82, 2.24) is 10.2 Å². The van der Waals surface area contributed by atoms with Crippen LogP contribution in [-0.4, -0.2) is 44.0 Å². The summed E-state index contributed by atoms with van der Waals surface area (Å²) in [5.41, 5.74) is 4.07. The molecule has 0 saturated carbocycles. The third-order valence-electron chi connectivity index (χ3n) is 5.65. The van der Waals surface area contributed by atoms with Crippen molar-refractivity contribution in [3.05, 3.63) is 53.5 Å². The zero-order chi connectivity index (χ0) is 17.9. The van der Waals surface area contributed by atoms with Crippen molar-refractivity contribution in [2.24, 2.45) is 0 Å². The molecule has 4 rings (SSSR count). The number of hydrogen-bond donors (Lipinski definition) is 1. The van der Waals surface area contributed by atoms with E-state index in [0.29, 0.717) is 12.3 Å². The lowest BCUT2D eigenvalue weighted by Gasteiger charge is -2.35. The summed E-state index contributed by atoms with van der Waals surface area (Å²) in [6.45, 7) is 3.88. The Kier molecular flexibility index (Phi) is 4.98. The quantitative estimate of drug-likeness (QED) is 0.897. The lowest BCUT2D eigenvalue weighted by molar-refractivity contribution is 0.0897. The predicted molar refractivity (Wildman–Crippen MR) is 103 cm³/mol. The smallest absolute Gasteiger partial charge is 0.287 e. The number of benzene rings is 1. The Morgan fingerprint density at radius 2 is 2.04 bits per heavy atom. The molecule has 0 spiro atoms. The highest BCUT2D eigenvalue weighted by atomic mass is 16.3. The number of rotatable bonds is 5. The van der Waals surface area contributed by atoms with Crippen LogP contribution in [0.1, 0.15) is 47.0 Å². The van der Waals surface area contributed by atoms with Gasteiger partial charge in [-0.3, -0.25) is 9.69 Å². The first-order valence-electron chi connectivity index (χ1n) is 9.62. The highest BCUT2D eigenvalue weighted by molar-refractivity contribution is 5.91. The minimum absolute atomic E-state index is 0.141. The Bertz CT molecular complexity index is 751. The molecule has 1 atom stereocenters. The maximum absolute atomic E-state index is 12.3. The Labute approximate surface area is 155 Å². The number of piperidine rings is 1. The first kappa shape index (κ1) is 17.2. The molecular weight excluding hydrogens is 326 g/mol. The van der Waals surface area contributed by atoms with Gasteiger partial charge < -0.3 is 14.6 Å². The van der Waals surface area contributed by atoms with E-state index in [4.69, 9.17) is 4.42 Å². The van der Waals surface area contributed by atoms with Gasteiger partial charge in [-0.1, -0.05) is 18.6 Å². The summed E-state index contributed by atoms with van der Waals surface area (Å²) >= 11 is 0. The van der Waals surface area contributed by atoms with Crippen LogP contribution in [0.25, 0.3) is 0 Å². The van der Waals surface area contributed by atoms with Gasteiger partial charge in [0.15, 0.2) is 5.76 Å². The lowest BCUT2D eigenvalue weighted by Crippen LogP contribution is -2.40. The summed E-state index contributed by atoms with van der Waals surface area (Å²) in [6, 6.07) is 10.5. The Balaban J connectivity index is 1.54. The Morgan fingerprint density at radius 3 is 2.81 bits per heavy atom. The highest BCUT2D eigenvalue weighted by Crippen LogP contribution is 2.32. The molecule has 1 saturated heterocycles. The van der Waals surface area contributed by atoms with Crippen molar-refractivity contribution in [3.63, 3.8) is 0 Å². The molecule has 1 aromatic heterocycles. The zero-order valence-corrected chi connectivity index (χ0v) is 15.4. The maximum Gasteiger partial charge on any atom is 0.287 e. The summed E-state index contributed by atoms with van der Waals surface area (Å²) in [4.78, 5) is 17.2. The molecule has 0 bridgehead atoms. The third-order valence-corrected chi connectivity index (χ3v) is 5.65. The van der Waals surface area contributed by atoms with E-state index >= 15 is 0 Å². The molecule has 1 aromatic carbocycles. The average Bonchev–Trinajstić information content (AvgIpc) is 3.33. The Hall–Kier alpha value is -2.27. The van der Waals surface area contributed by atoms with Crippen LogP contribution >= 0.6 is 0 Å². The summed E-state index contributed by atoms with van der Waals surface area (Å²) in [7, 11) is 2.15. The molecule has 2 aromatic rings. The van der Waals surface area contributed by atoms with Gasteiger partial charge in [-0.15, -0.1) is 0 Å². The number of furan rings is 1. The van der Waals surface area contributed by atoms with Crippen molar-refractivity contribution in [1.29, 1.82) is 0 Å². The van der Waals surface area contributed by atoms with E-state index < -0.39 is 0 Å². The topological polar surface area (TPSA) is 48.7 Å². The van der Waals surface area contributed by atoms with E-state index in [-0.39, 0.29) is 11.9 Å². The van der Waals surface area contributed by atoms with Gasteiger partial charge in [0.1, 0.15) is 0 Å². The number of anilines is 1. The van der Waals surface area contributed by atoms with Gasteiger partial charge in [-0.25, -0.2) is 0 Å². The third kappa shape index (κ3) is 3.49. The van der Waals surface area contributed by atoms with Gasteiger partial charge >= 0.3 is 0 Å². The van der Waals surface area contributed by atoms with Crippen LogP contribution in [0.5, 0.6) is 0 Å². The molecule has 0 aliphatic carbocycles. The number of likely N-dealkylation sites (N-methyl/N-ethyl adjacent to an activating group) is 1. The van der Waals surface area contributed by atoms with E-state index in [0.717, 1.165) is 26.1 Å². The number of likely N-dealkylation sites (tertiary alicyclic amines) is 1. The summed E-state index contributed by atoms with van der Waals surface area (Å²) in [5, 5.41) is 3.07. The molecule has 5 nitrogen and oxygen atoms in total. The second-order valence-corrected chi connectivity index (χ2v) is 7.36. The average molecular weight is 353 g/mol. The van der Waals surface area contributed by atoms with E-state index in [1.54, 1.807) is 12.1 Å². The van der Waals surface area contributed by atoms with Crippen LogP contribution in [0, 0.1) is 0 Å². The Morgan fingerprint density at radius 1 is 1.19 bits per heavy atom. The van der Waals surface area contributed by atoms with Crippen molar-refractivity contribution < 1.29 is 9.21 Å². The van der Waals surface area contributed by atoms with Gasteiger partial charge in [0, 0.05) is 25.8 Å². The van der Waals surface area contributed by atoms with E-state index in [1.165, 1.54) is 42.3 Å². The molecule has 0 unspecified atom stereocenters. The molecule has 5 heteroatoms. The van der Waals surface area contributed by atoms with Gasteiger partial charge in [0.05, 0.1) is 12.3 Å². The molecule has 0 radical (unpaired) electrons. The van der Waals surface area contributed by atoms with Crippen molar-refractivity contribution in [2.75, 3.05) is 38.1 Å². The van der Waals surface area contributed by atoms with E-state index in [1.807, 2.05) is 0 Å². The van der Waals surface area contributed by atoms with Gasteiger partial charge in [0.25, 0.3) is 5.91 Å². The van der Waals surface area contributed by atoms with Gasteiger partial charge in [0.2, 0.25) is 0 Å². The molecule has 2 aliphatic heterocycles. The van der Waals surface area contributed by atoms with E-state index in [9.17, 15) is 4.79 Å². The zero-order valence-electron chi connectivity index (χ0n) is 15.4. The number of hydrogen-bond acceptors (Lipinski definition) is 4. The van der Waals surface area contributed by atoms with Gasteiger partial charge in [-0.2, -0.15) is 0 Å². The second-order valence-electron chi connectivity index (χ2n) is 7.36.